The lowest BCUT2D eigenvalue weighted by molar-refractivity contribution is 0.0942. The number of amides is 1. The molecule has 6 nitrogen and oxygen atoms in total. The highest BCUT2D eigenvalue weighted by atomic mass is 32.2. The minimum atomic E-state index is -3.50. The van der Waals surface area contributed by atoms with Gasteiger partial charge in [-0.3, -0.25) is 4.79 Å². The zero-order valence-electron chi connectivity index (χ0n) is 17.2. The van der Waals surface area contributed by atoms with Crippen molar-refractivity contribution in [2.45, 2.75) is 30.7 Å². The zero-order valence-corrected chi connectivity index (χ0v) is 18.8. The average Bonchev–Trinajstić information content (AvgIpc) is 3.22. The number of piperidine rings is 1. The summed E-state index contributed by atoms with van der Waals surface area (Å²) < 4.78 is 27.2. The first-order valence-corrected chi connectivity index (χ1v) is 12.2. The molecule has 1 atom stereocenters. The summed E-state index contributed by atoms with van der Waals surface area (Å²) in [6, 6.07) is 10.4. The Morgan fingerprint density at radius 2 is 1.86 bits per heavy atom. The van der Waals surface area contributed by atoms with Crippen LogP contribution in [0, 0.1) is 5.92 Å². The van der Waals surface area contributed by atoms with Gasteiger partial charge in [-0.1, -0.05) is 13.0 Å². The maximum Gasteiger partial charge on any atom is 0.251 e. The van der Waals surface area contributed by atoms with E-state index in [1.165, 1.54) is 17.0 Å². The highest BCUT2D eigenvalue weighted by molar-refractivity contribution is 7.89. The second-order valence-corrected chi connectivity index (χ2v) is 10.7. The Balaban J connectivity index is 1.64. The molecule has 1 saturated heterocycles. The average molecular weight is 436 g/mol. The second kappa shape index (κ2) is 9.38. The van der Waals surface area contributed by atoms with Gasteiger partial charge in [-0.25, -0.2) is 8.42 Å². The van der Waals surface area contributed by atoms with Gasteiger partial charge in [0.05, 0.1) is 10.9 Å². The number of sulfonamides is 1. The van der Waals surface area contributed by atoms with E-state index in [1.54, 1.807) is 27.8 Å². The quantitative estimate of drug-likeness (QED) is 0.725. The van der Waals surface area contributed by atoms with Crippen molar-refractivity contribution in [3.05, 3.63) is 52.2 Å². The van der Waals surface area contributed by atoms with Gasteiger partial charge in [-0.05, 0) is 68.6 Å². The van der Waals surface area contributed by atoms with Gasteiger partial charge in [0.2, 0.25) is 10.0 Å². The predicted molar refractivity (Wildman–Crippen MR) is 117 cm³/mol. The van der Waals surface area contributed by atoms with Crippen LogP contribution in [-0.2, 0) is 10.0 Å². The third kappa shape index (κ3) is 5.25. The monoisotopic (exact) mass is 435 g/mol. The Labute approximate surface area is 177 Å². The van der Waals surface area contributed by atoms with Gasteiger partial charge in [-0.15, -0.1) is 11.3 Å². The van der Waals surface area contributed by atoms with Crippen molar-refractivity contribution in [1.82, 2.24) is 14.5 Å². The molecular formula is C21H29N3O3S2. The molecule has 0 bridgehead atoms. The van der Waals surface area contributed by atoms with E-state index in [9.17, 15) is 13.2 Å². The lowest BCUT2D eigenvalue weighted by atomic mass is 10.0. The molecule has 1 aromatic carbocycles. The molecule has 1 aromatic heterocycles. The molecule has 1 aliphatic rings. The molecule has 1 aliphatic heterocycles. The SMILES string of the molecule is CC1CCN(S(=O)(=O)c2ccc(C(=O)NC[C@H](c3cccs3)N(C)C)cc2)CC1. The van der Waals surface area contributed by atoms with Gasteiger partial charge in [0.1, 0.15) is 0 Å². The van der Waals surface area contributed by atoms with Crippen LogP contribution in [0.2, 0.25) is 0 Å². The predicted octanol–water partition coefficient (Wildman–Crippen LogP) is 3.20. The summed E-state index contributed by atoms with van der Waals surface area (Å²) in [7, 11) is 0.469. The summed E-state index contributed by atoms with van der Waals surface area (Å²) in [6.07, 6.45) is 1.77. The number of nitrogens with zero attached hydrogens (tertiary/aromatic N) is 2. The summed E-state index contributed by atoms with van der Waals surface area (Å²) in [6.45, 7) is 3.75. The van der Waals surface area contributed by atoms with E-state index in [2.05, 4.69) is 23.2 Å². The number of benzene rings is 1. The summed E-state index contributed by atoms with van der Waals surface area (Å²) in [5.41, 5.74) is 0.458. The fourth-order valence-corrected chi connectivity index (χ4v) is 5.85. The number of thiophene rings is 1. The highest BCUT2D eigenvalue weighted by Crippen LogP contribution is 2.24. The number of likely N-dealkylation sites (N-methyl/N-ethyl adjacent to an activating group) is 1. The van der Waals surface area contributed by atoms with Crippen LogP contribution in [0.5, 0.6) is 0 Å². The van der Waals surface area contributed by atoms with Crippen molar-refractivity contribution in [2.75, 3.05) is 33.7 Å². The fraction of sp³-hybridized carbons (Fsp3) is 0.476. The first-order chi connectivity index (χ1) is 13.8. The topological polar surface area (TPSA) is 69.7 Å². The Morgan fingerprint density at radius 1 is 1.21 bits per heavy atom. The molecule has 1 amide bonds. The van der Waals surface area contributed by atoms with Gasteiger partial charge < -0.3 is 10.2 Å². The molecular weight excluding hydrogens is 406 g/mol. The summed E-state index contributed by atoms with van der Waals surface area (Å²) >= 11 is 1.66. The molecule has 2 aromatic rings. The van der Waals surface area contributed by atoms with Crippen molar-refractivity contribution in [3.8, 4) is 0 Å². The number of hydrogen-bond acceptors (Lipinski definition) is 5. The highest BCUT2D eigenvalue weighted by Gasteiger charge is 2.28. The molecule has 0 unspecified atom stereocenters. The number of carbonyl (C=O) groups excluding carboxylic acids is 1. The fourth-order valence-electron chi connectivity index (χ4n) is 3.46. The molecule has 2 heterocycles. The zero-order chi connectivity index (χ0) is 21.0. The number of rotatable bonds is 7. The van der Waals surface area contributed by atoms with Crippen molar-refractivity contribution < 1.29 is 13.2 Å². The van der Waals surface area contributed by atoms with Gasteiger partial charge in [-0.2, -0.15) is 4.31 Å². The van der Waals surface area contributed by atoms with Crippen LogP contribution in [-0.4, -0.2) is 57.3 Å². The largest absolute Gasteiger partial charge is 0.350 e. The number of nitrogens with one attached hydrogen (secondary N) is 1. The summed E-state index contributed by atoms with van der Waals surface area (Å²) in [5, 5.41) is 4.98. The number of carbonyl (C=O) groups is 1. The maximum absolute atomic E-state index is 12.8. The van der Waals surface area contributed by atoms with Crippen LogP contribution >= 0.6 is 11.3 Å². The normalized spacial score (nSPS) is 17.4. The van der Waals surface area contributed by atoms with E-state index >= 15 is 0 Å². The molecule has 0 aliphatic carbocycles. The Hall–Kier alpha value is -1.74. The van der Waals surface area contributed by atoms with Crippen LogP contribution in [0.3, 0.4) is 0 Å². The van der Waals surface area contributed by atoms with Crippen molar-refractivity contribution in [3.63, 3.8) is 0 Å². The standard InChI is InChI=1S/C21H29N3O3S2/c1-16-10-12-24(13-11-16)29(26,27)18-8-6-17(7-9-18)21(25)22-15-19(23(2)3)20-5-4-14-28-20/h4-9,14,16,19H,10-13,15H2,1-3H3,(H,22,25)/t19-/m1/s1. The van der Waals surface area contributed by atoms with E-state index in [1.807, 2.05) is 25.5 Å². The molecule has 0 saturated carbocycles. The van der Waals surface area contributed by atoms with Crippen LogP contribution in [0.25, 0.3) is 0 Å². The minimum Gasteiger partial charge on any atom is -0.350 e. The maximum atomic E-state index is 12.8. The summed E-state index contributed by atoms with van der Waals surface area (Å²) in [5.74, 6) is 0.358. The molecule has 158 valence electrons. The van der Waals surface area contributed by atoms with E-state index < -0.39 is 10.0 Å². The lowest BCUT2D eigenvalue weighted by Crippen LogP contribution is -2.37. The van der Waals surface area contributed by atoms with E-state index in [4.69, 9.17) is 0 Å². The molecule has 0 radical (unpaired) electrons. The van der Waals surface area contributed by atoms with Crippen LogP contribution in [0.15, 0.2) is 46.7 Å². The van der Waals surface area contributed by atoms with Gasteiger partial charge in [0, 0.05) is 30.1 Å². The minimum absolute atomic E-state index is 0.0973. The van der Waals surface area contributed by atoms with Crippen molar-refractivity contribution in [2.24, 2.45) is 5.92 Å². The van der Waals surface area contributed by atoms with E-state index in [-0.39, 0.29) is 16.8 Å². The Bertz CT molecular complexity index is 901. The Morgan fingerprint density at radius 3 is 2.41 bits per heavy atom. The summed E-state index contributed by atoms with van der Waals surface area (Å²) in [4.78, 5) is 16.1. The van der Waals surface area contributed by atoms with Crippen LogP contribution < -0.4 is 5.32 Å². The van der Waals surface area contributed by atoms with Crippen molar-refractivity contribution >= 4 is 27.3 Å². The first kappa shape index (κ1) is 22.0. The molecule has 1 N–H and O–H groups in total. The third-order valence-corrected chi connectivity index (χ3v) is 8.33. The van der Waals surface area contributed by atoms with E-state index in [0.29, 0.717) is 31.1 Å². The lowest BCUT2D eigenvalue weighted by Gasteiger charge is -2.29. The van der Waals surface area contributed by atoms with Crippen molar-refractivity contribution in [1.29, 1.82) is 0 Å². The molecule has 29 heavy (non-hydrogen) atoms. The number of hydrogen-bond donors (Lipinski definition) is 1. The van der Waals surface area contributed by atoms with Gasteiger partial charge in [0.25, 0.3) is 5.91 Å². The van der Waals surface area contributed by atoms with E-state index in [0.717, 1.165) is 12.8 Å². The van der Waals surface area contributed by atoms with Gasteiger partial charge in [0.15, 0.2) is 0 Å². The van der Waals surface area contributed by atoms with Crippen LogP contribution in [0.4, 0.5) is 0 Å². The molecule has 1 fully saturated rings. The smallest absolute Gasteiger partial charge is 0.251 e. The third-order valence-electron chi connectivity index (χ3n) is 5.45. The Kier molecular flexibility index (Phi) is 7.10. The van der Waals surface area contributed by atoms with Crippen LogP contribution in [0.1, 0.15) is 41.0 Å². The second-order valence-electron chi connectivity index (χ2n) is 7.82. The molecule has 3 rings (SSSR count). The first-order valence-electron chi connectivity index (χ1n) is 9.87. The van der Waals surface area contributed by atoms with Gasteiger partial charge >= 0.3 is 0 Å². The molecule has 0 spiro atoms. The molecule has 8 heteroatoms.